The molecule has 2 aromatic rings. The molecule has 2 nitrogen and oxygen atoms in total. The van der Waals surface area contributed by atoms with E-state index in [9.17, 15) is 4.39 Å². The van der Waals surface area contributed by atoms with E-state index >= 15 is 0 Å². The molecule has 0 saturated heterocycles. The van der Waals surface area contributed by atoms with Gasteiger partial charge in [0.15, 0.2) is 5.58 Å². The molecule has 0 aliphatic carbocycles. The second-order valence-electron chi connectivity index (χ2n) is 2.87. The van der Waals surface area contributed by atoms with Gasteiger partial charge in [-0.25, -0.2) is 4.39 Å². The zero-order valence-electron chi connectivity index (χ0n) is 6.89. The second kappa shape index (κ2) is 2.30. The monoisotopic (exact) mass is 165 g/mol. The highest BCUT2D eigenvalue weighted by Crippen LogP contribution is 2.21. The number of hydrogen-bond acceptors (Lipinski definition) is 2. The molecule has 12 heavy (non-hydrogen) atoms. The van der Waals surface area contributed by atoms with Gasteiger partial charge in [-0.15, -0.1) is 0 Å². The van der Waals surface area contributed by atoms with Crippen LogP contribution in [-0.2, 0) is 0 Å². The third-order valence-corrected chi connectivity index (χ3v) is 1.93. The average Bonchev–Trinajstić information content (AvgIpc) is 2.35. The van der Waals surface area contributed by atoms with Crippen LogP contribution in [0.5, 0.6) is 0 Å². The Balaban J connectivity index is 2.87. The molecule has 0 N–H and O–H groups in total. The summed E-state index contributed by atoms with van der Waals surface area (Å²) in [6.45, 7) is 3.49. The van der Waals surface area contributed by atoms with Crippen molar-refractivity contribution in [2.24, 2.45) is 0 Å². The van der Waals surface area contributed by atoms with Gasteiger partial charge in [-0.2, -0.15) is 0 Å². The molecule has 0 bridgehead atoms. The first-order chi connectivity index (χ1) is 5.68. The topological polar surface area (TPSA) is 26.0 Å². The van der Waals surface area contributed by atoms with Crippen LogP contribution in [0.25, 0.3) is 11.0 Å². The zero-order chi connectivity index (χ0) is 8.72. The number of nitrogens with zero attached hydrogens (tertiary/aromatic N) is 1. The van der Waals surface area contributed by atoms with Crippen molar-refractivity contribution in [3.63, 3.8) is 0 Å². The minimum atomic E-state index is -0.214. The quantitative estimate of drug-likeness (QED) is 0.599. The van der Waals surface area contributed by atoms with Crippen molar-refractivity contribution in [2.45, 2.75) is 13.8 Å². The number of fused-ring (bicyclic) bond motifs is 1. The van der Waals surface area contributed by atoms with Gasteiger partial charge in [0.2, 0.25) is 0 Å². The molecule has 0 atom stereocenters. The van der Waals surface area contributed by atoms with Crippen molar-refractivity contribution < 1.29 is 8.91 Å². The summed E-state index contributed by atoms with van der Waals surface area (Å²) in [5.41, 5.74) is 1.95. The lowest BCUT2D eigenvalue weighted by atomic mass is 10.1. The van der Waals surface area contributed by atoms with E-state index in [4.69, 9.17) is 4.52 Å². The summed E-state index contributed by atoms with van der Waals surface area (Å²) in [6, 6.07) is 3.11. The molecule has 1 aromatic heterocycles. The lowest BCUT2D eigenvalue weighted by Gasteiger charge is -1.93. The summed E-state index contributed by atoms with van der Waals surface area (Å²) in [6.07, 6.45) is 0. The average molecular weight is 165 g/mol. The number of halogens is 1. The molecule has 0 unspecified atom stereocenters. The lowest BCUT2D eigenvalue weighted by Crippen LogP contribution is -1.80. The fourth-order valence-electron chi connectivity index (χ4n) is 1.18. The number of benzene rings is 1. The standard InChI is InChI=1S/C9H8FNO/c1-5-3-9-7(4-8(5)10)6(2)11-12-9/h3-4H,1-2H3. The predicted octanol–water partition coefficient (Wildman–Crippen LogP) is 2.58. The van der Waals surface area contributed by atoms with Gasteiger partial charge in [-0.1, -0.05) is 5.16 Å². The van der Waals surface area contributed by atoms with E-state index in [-0.39, 0.29) is 5.82 Å². The van der Waals surface area contributed by atoms with Crippen LogP contribution in [0.3, 0.4) is 0 Å². The van der Waals surface area contributed by atoms with E-state index in [0.717, 1.165) is 11.1 Å². The van der Waals surface area contributed by atoms with Crippen molar-refractivity contribution in [2.75, 3.05) is 0 Å². The summed E-state index contributed by atoms with van der Waals surface area (Å²) in [5, 5.41) is 4.48. The third-order valence-electron chi connectivity index (χ3n) is 1.93. The summed E-state index contributed by atoms with van der Waals surface area (Å²) < 4.78 is 18.0. The van der Waals surface area contributed by atoms with Crippen LogP contribution in [-0.4, -0.2) is 5.16 Å². The van der Waals surface area contributed by atoms with E-state index in [1.807, 2.05) is 0 Å². The molecule has 1 aromatic carbocycles. The Hall–Kier alpha value is -1.38. The SMILES string of the molecule is Cc1cc2onc(C)c2cc1F. The summed E-state index contributed by atoms with van der Waals surface area (Å²) >= 11 is 0. The molecule has 3 heteroatoms. The Labute approximate surface area is 69.0 Å². The third kappa shape index (κ3) is 0.897. The Morgan fingerprint density at radius 2 is 2.08 bits per heavy atom. The molecule has 0 amide bonds. The van der Waals surface area contributed by atoms with Crippen molar-refractivity contribution in [3.05, 3.63) is 29.2 Å². The maximum atomic E-state index is 13.0. The molecule has 0 fully saturated rings. The summed E-state index contributed by atoms with van der Waals surface area (Å²) in [5.74, 6) is -0.214. The highest BCUT2D eigenvalue weighted by Gasteiger charge is 2.06. The molecular formula is C9H8FNO. The van der Waals surface area contributed by atoms with Crippen LogP contribution in [0.2, 0.25) is 0 Å². The van der Waals surface area contributed by atoms with Gasteiger partial charge in [0.05, 0.1) is 5.69 Å². The molecule has 2 rings (SSSR count). The first-order valence-corrected chi connectivity index (χ1v) is 3.70. The number of hydrogen-bond donors (Lipinski definition) is 0. The molecule has 0 aliphatic heterocycles. The van der Waals surface area contributed by atoms with Crippen LogP contribution < -0.4 is 0 Å². The normalized spacial score (nSPS) is 10.9. The molecule has 0 radical (unpaired) electrons. The molecule has 62 valence electrons. The highest BCUT2D eigenvalue weighted by molar-refractivity contribution is 5.79. The largest absolute Gasteiger partial charge is 0.356 e. The second-order valence-corrected chi connectivity index (χ2v) is 2.87. The van der Waals surface area contributed by atoms with Gasteiger partial charge in [0, 0.05) is 5.39 Å². The van der Waals surface area contributed by atoms with Crippen molar-refractivity contribution in [1.82, 2.24) is 5.16 Å². The molecular weight excluding hydrogens is 157 g/mol. The summed E-state index contributed by atoms with van der Waals surface area (Å²) in [4.78, 5) is 0. The highest BCUT2D eigenvalue weighted by atomic mass is 19.1. The van der Waals surface area contributed by atoms with Crippen molar-refractivity contribution in [1.29, 1.82) is 0 Å². The lowest BCUT2D eigenvalue weighted by molar-refractivity contribution is 0.450. The molecule has 1 heterocycles. The molecule has 0 saturated carbocycles. The van der Waals surface area contributed by atoms with E-state index in [0.29, 0.717) is 11.1 Å². The van der Waals surface area contributed by atoms with Crippen molar-refractivity contribution in [3.8, 4) is 0 Å². The Morgan fingerprint density at radius 1 is 1.33 bits per heavy atom. The number of aryl methyl sites for hydroxylation is 2. The minimum absolute atomic E-state index is 0.214. The van der Waals surface area contributed by atoms with E-state index in [2.05, 4.69) is 5.16 Å². The smallest absolute Gasteiger partial charge is 0.167 e. The van der Waals surface area contributed by atoms with Gasteiger partial charge in [-0.05, 0) is 31.5 Å². The van der Waals surface area contributed by atoms with E-state index in [1.165, 1.54) is 6.07 Å². The fraction of sp³-hybridized carbons (Fsp3) is 0.222. The van der Waals surface area contributed by atoms with Gasteiger partial charge in [-0.3, -0.25) is 0 Å². The minimum Gasteiger partial charge on any atom is -0.356 e. The Bertz CT molecular complexity index is 433. The zero-order valence-corrected chi connectivity index (χ0v) is 6.89. The maximum absolute atomic E-state index is 13.0. The first kappa shape index (κ1) is 7.28. The van der Waals surface area contributed by atoms with Crippen LogP contribution in [0.1, 0.15) is 11.3 Å². The fourth-order valence-corrected chi connectivity index (χ4v) is 1.18. The Morgan fingerprint density at radius 3 is 2.83 bits per heavy atom. The van der Waals surface area contributed by atoms with Gasteiger partial charge >= 0.3 is 0 Å². The van der Waals surface area contributed by atoms with Gasteiger partial charge < -0.3 is 4.52 Å². The van der Waals surface area contributed by atoms with Crippen LogP contribution in [0.4, 0.5) is 4.39 Å². The number of rotatable bonds is 0. The number of aromatic nitrogens is 1. The van der Waals surface area contributed by atoms with E-state index in [1.54, 1.807) is 19.9 Å². The van der Waals surface area contributed by atoms with Crippen LogP contribution in [0.15, 0.2) is 16.7 Å². The van der Waals surface area contributed by atoms with E-state index < -0.39 is 0 Å². The predicted molar refractivity (Wildman–Crippen MR) is 43.4 cm³/mol. The molecule has 0 aliphatic rings. The molecule has 0 spiro atoms. The van der Waals surface area contributed by atoms with Crippen LogP contribution >= 0.6 is 0 Å². The van der Waals surface area contributed by atoms with Crippen molar-refractivity contribution >= 4 is 11.0 Å². The Kier molecular flexibility index (Phi) is 1.40. The first-order valence-electron chi connectivity index (χ1n) is 3.70. The maximum Gasteiger partial charge on any atom is 0.167 e. The summed E-state index contributed by atoms with van der Waals surface area (Å²) in [7, 11) is 0. The van der Waals surface area contributed by atoms with Gasteiger partial charge in [0.1, 0.15) is 5.82 Å². The van der Waals surface area contributed by atoms with Gasteiger partial charge in [0.25, 0.3) is 0 Å². The van der Waals surface area contributed by atoms with Crippen LogP contribution in [0, 0.1) is 19.7 Å².